The summed E-state index contributed by atoms with van der Waals surface area (Å²) in [5.41, 5.74) is 1.42. The lowest BCUT2D eigenvalue weighted by molar-refractivity contribution is -0.934. The molecule has 0 radical (unpaired) electrons. The van der Waals surface area contributed by atoms with Gasteiger partial charge in [0.2, 0.25) is 0 Å². The Bertz CT molecular complexity index is 424. The monoisotopic (exact) mass is 244 g/mol. The second-order valence-electron chi connectivity index (χ2n) is 6.54. The number of ketones is 1. The van der Waals surface area contributed by atoms with E-state index >= 15 is 0 Å². The molecular weight excluding hydrogens is 222 g/mol. The van der Waals surface area contributed by atoms with Crippen LogP contribution in [0.4, 0.5) is 0 Å². The predicted octanol–water partition coefficient (Wildman–Crippen LogP) is 2.63. The minimum atomic E-state index is 0.502. The van der Waals surface area contributed by atoms with Gasteiger partial charge in [-0.2, -0.15) is 0 Å². The summed E-state index contributed by atoms with van der Waals surface area (Å²) in [6.07, 6.45) is 2.95. The van der Waals surface area contributed by atoms with Crippen molar-refractivity contribution in [2.75, 3.05) is 20.1 Å². The second-order valence-corrected chi connectivity index (χ2v) is 6.54. The van der Waals surface area contributed by atoms with Crippen LogP contribution in [-0.2, 0) is 11.3 Å². The summed E-state index contributed by atoms with van der Waals surface area (Å²) >= 11 is 0. The van der Waals surface area contributed by atoms with Crippen molar-refractivity contribution >= 4 is 5.78 Å². The Balaban J connectivity index is 1.74. The third-order valence-electron chi connectivity index (χ3n) is 4.50. The molecule has 1 saturated carbocycles. The molecule has 2 bridgehead atoms. The third-order valence-corrected chi connectivity index (χ3v) is 4.50. The summed E-state index contributed by atoms with van der Waals surface area (Å²) in [5, 5.41) is 0. The Morgan fingerprint density at radius 2 is 1.72 bits per heavy atom. The van der Waals surface area contributed by atoms with Crippen LogP contribution >= 0.6 is 0 Å². The summed E-state index contributed by atoms with van der Waals surface area (Å²) in [5.74, 6) is 1.78. The molecule has 2 fully saturated rings. The van der Waals surface area contributed by atoms with Crippen LogP contribution in [0.25, 0.3) is 0 Å². The van der Waals surface area contributed by atoms with Gasteiger partial charge < -0.3 is 4.48 Å². The molecule has 0 spiro atoms. The number of nitrogens with zero attached hydrogens (tertiary/aromatic N) is 1. The Labute approximate surface area is 109 Å². The molecule has 1 aliphatic heterocycles. The van der Waals surface area contributed by atoms with Gasteiger partial charge in [-0.05, 0) is 6.42 Å². The largest absolute Gasteiger partial charge is 0.322 e. The van der Waals surface area contributed by atoms with E-state index < -0.39 is 0 Å². The summed E-state index contributed by atoms with van der Waals surface area (Å²) in [6.45, 7) is 3.47. The zero-order chi connectivity index (χ0) is 12.6. The Kier molecular flexibility index (Phi) is 2.98. The summed E-state index contributed by atoms with van der Waals surface area (Å²) in [7, 11) is 2.36. The number of carbonyl (C=O) groups is 1. The molecule has 2 nitrogen and oxygen atoms in total. The normalized spacial score (nSPS) is 35.5. The average molecular weight is 244 g/mol. The minimum absolute atomic E-state index is 0.502. The van der Waals surface area contributed by atoms with Crippen molar-refractivity contribution in [1.29, 1.82) is 0 Å². The van der Waals surface area contributed by atoms with Gasteiger partial charge in [-0.3, -0.25) is 4.79 Å². The standard InChI is InChI=1S/C16H22NO/c1-17(10-13-5-3-2-4-6-13)11-14-7-15(12-17)9-16(18)8-14/h2-6,14-15H,7-12H2,1H3/q+1. The molecule has 2 heteroatoms. The smallest absolute Gasteiger partial charge is 0.133 e. The van der Waals surface area contributed by atoms with Crippen LogP contribution in [0.15, 0.2) is 30.3 Å². The fourth-order valence-electron chi connectivity index (χ4n) is 4.12. The van der Waals surface area contributed by atoms with E-state index in [9.17, 15) is 4.79 Å². The first-order valence-electron chi connectivity index (χ1n) is 7.02. The van der Waals surface area contributed by atoms with Gasteiger partial charge in [-0.15, -0.1) is 0 Å². The first-order chi connectivity index (χ1) is 8.63. The van der Waals surface area contributed by atoms with E-state index in [-0.39, 0.29) is 0 Å². The average Bonchev–Trinajstić information content (AvgIpc) is 2.27. The predicted molar refractivity (Wildman–Crippen MR) is 71.9 cm³/mol. The number of quaternary nitrogens is 1. The minimum Gasteiger partial charge on any atom is -0.322 e. The lowest BCUT2D eigenvalue weighted by atomic mass is 9.76. The molecule has 2 aliphatic rings. The highest BCUT2D eigenvalue weighted by Gasteiger charge is 2.41. The van der Waals surface area contributed by atoms with Crippen molar-refractivity contribution in [1.82, 2.24) is 0 Å². The SMILES string of the molecule is C[N+]1(Cc2ccccc2)CC2CC(=O)CC(C2)C1. The molecule has 0 aromatic heterocycles. The highest BCUT2D eigenvalue weighted by atomic mass is 16.1. The number of rotatable bonds is 2. The van der Waals surface area contributed by atoms with Crippen molar-refractivity contribution in [3.05, 3.63) is 35.9 Å². The van der Waals surface area contributed by atoms with E-state index in [0.717, 1.165) is 23.9 Å². The van der Waals surface area contributed by atoms with E-state index in [4.69, 9.17) is 0 Å². The van der Waals surface area contributed by atoms with Crippen LogP contribution in [0.2, 0.25) is 0 Å². The van der Waals surface area contributed by atoms with Crippen LogP contribution in [-0.4, -0.2) is 30.4 Å². The van der Waals surface area contributed by atoms with Gasteiger partial charge in [0.15, 0.2) is 0 Å². The van der Waals surface area contributed by atoms with E-state index in [2.05, 4.69) is 37.4 Å². The van der Waals surface area contributed by atoms with Crippen molar-refractivity contribution in [3.8, 4) is 0 Å². The van der Waals surface area contributed by atoms with Crippen molar-refractivity contribution in [3.63, 3.8) is 0 Å². The van der Waals surface area contributed by atoms with Crippen molar-refractivity contribution < 1.29 is 9.28 Å². The number of carbonyl (C=O) groups excluding carboxylic acids is 1. The summed E-state index contributed by atoms with van der Waals surface area (Å²) < 4.78 is 1.12. The first-order valence-corrected chi connectivity index (χ1v) is 7.02. The molecule has 1 saturated heterocycles. The Hall–Kier alpha value is -1.15. The number of hydrogen-bond donors (Lipinski definition) is 0. The zero-order valence-corrected chi connectivity index (χ0v) is 11.1. The van der Waals surface area contributed by atoms with Crippen LogP contribution in [0, 0.1) is 11.8 Å². The van der Waals surface area contributed by atoms with Gasteiger partial charge >= 0.3 is 0 Å². The maximum atomic E-state index is 11.6. The van der Waals surface area contributed by atoms with Gasteiger partial charge in [0.25, 0.3) is 0 Å². The lowest BCUT2D eigenvalue weighted by Crippen LogP contribution is -2.55. The highest BCUT2D eigenvalue weighted by Crippen LogP contribution is 2.36. The topological polar surface area (TPSA) is 17.1 Å². The van der Waals surface area contributed by atoms with Gasteiger partial charge in [0.05, 0.1) is 20.1 Å². The molecular formula is C16H22NO+. The fourth-order valence-corrected chi connectivity index (χ4v) is 4.12. The van der Waals surface area contributed by atoms with Gasteiger partial charge in [0.1, 0.15) is 12.3 Å². The van der Waals surface area contributed by atoms with E-state index in [1.54, 1.807) is 0 Å². The maximum absolute atomic E-state index is 11.6. The summed E-state index contributed by atoms with van der Waals surface area (Å²) in [4.78, 5) is 11.6. The zero-order valence-electron chi connectivity index (χ0n) is 11.1. The number of benzene rings is 1. The molecule has 2 atom stereocenters. The number of Topliss-reactive ketones (excluding diaryl/α,β-unsaturated/α-hetero) is 1. The molecule has 96 valence electrons. The molecule has 1 heterocycles. The van der Waals surface area contributed by atoms with Crippen LogP contribution < -0.4 is 0 Å². The van der Waals surface area contributed by atoms with Crippen LogP contribution in [0.5, 0.6) is 0 Å². The van der Waals surface area contributed by atoms with Gasteiger partial charge in [0, 0.05) is 30.2 Å². The van der Waals surface area contributed by atoms with Crippen molar-refractivity contribution in [2.45, 2.75) is 25.8 Å². The van der Waals surface area contributed by atoms with E-state index in [1.807, 2.05) is 0 Å². The number of fused-ring (bicyclic) bond motifs is 2. The molecule has 1 aliphatic carbocycles. The molecule has 0 N–H and O–H groups in total. The van der Waals surface area contributed by atoms with Gasteiger partial charge in [-0.1, -0.05) is 30.3 Å². The van der Waals surface area contributed by atoms with Crippen molar-refractivity contribution in [2.24, 2.45) is 11.8 Å². The molecule has 2 unspecified atom stereocenters. The number of likely N-dealkylation sites (tertiary alicyclic amines) is 1. The molecule has 1 aromatic rings. The molecule has 18 heavy (non-hydrogen) atoms. The summed E-state index contributed by atoms with van der Waals surface area (Å²) in [6, 6.07) is 10.8. The maximum Gasteiger partial charge on any atom is 0.133 e. The highest BCUT2D eigenvalue weighted by molar-refractivity contribution is 5.79. The molecule has 0 amide bonds. The lowest BCUT2D eigenvalue weighted by Gasteiger charge is -2.46. The number of piperidine rings is 1. The van der Waals surface area contributed by atoms with Crippen LogP contribution in [0.3, 0.4) is 0 Å². The van der Waals surface area contributed by atoms with E-state index in [1.165, 1.54) is 25.1 Å². The Morgan fingerprint density at radius 3 is 2.33 bits per heavy atom. The third kappa shape index (κ3) is 2.49. The first kappa shape index (κ1) is 11.9. The fraction of sp³-hybridized carbons (Fsp3) is 0.562. The molecule has 3 rings (SSSR count). The quantitative estimate of drug-likeness (QED) is 0.731. The second kappa shape index (κ2) is 4.51. The number of hydrogen-bond acceptors (Lipinski definition) is 1. The van der Waals surface area contributed by atoms with Gasteiger partial charge in [-0.25, -0.2) is 0 Å². The van der Waals surface area contributed by atoms with Crippen LogP contribution in [0.1, 0.15) is 24.8 Å². The molecule has 1 aromatic carbocycles. The Morgan fingerprint density at radius 1 is 1.11 bits per heavy atom. The van der Waals surface area contributed by atoms with E-state index in [0.29, 0.717) is 17.6 Å².